The fourth-order valence-electron chi connectivity index (χ4n) is 1.78. The summed E-state index contributed by atoms with van der Waals surface area (Å²) >= 11 is 0. The third-order valence-electron chi connectivity index (χ3n) is 2.45. The van der Waals surface area contributed by atoms with Gasteiger partial charge in [-0.3, -0.25) is 0 Å². The second-order valence-electron chi connectivity index (χ2n) is 3.34. The van der Waals surface area contributed by atoms with Gasteiger partial charge in [0.1, 0.15) is 6.33 Å². The molecule has 0 aliphatic rings. The highest BCUT2D eigenvalue weighted by Crippen LogP contribution is 2.17. The minimum absolute atomic E-state index is 0.213. The summed E-state index contributed by atoms with van der Waals surface area (Å²) in [5, 5.41) is 13.1. The van der Waals surface area contributed by atoms with Crippen molar-refractivity contribution in [2.75, 3.05) is 0 Å². The van der Waals surface area contributed by atoms with Crippen molar-refractivity contribution in [3.05, 3.63) is 29.2 Å². The first kappa shape index (κ1) is 9.64. The Morgan fingerprint density at radius 1 is 1.60 bits per heavy atom. The Labute approximate surface area is 86.4 Å². The maximum Gasteiger partial charge on any atom is 0.354 e. The zero-order valence-corrected chi connectivity index (χ0v) is 8.56. The molecule has 0 saturated carbocycles. The van der Waals surface area contributed by atoms with Crippen LogP contribution in [0.5, 0.6) is 0 Å². The standard InChI is InChI=1S/C10H11N3O2/c1-3-7-6(2)4-8-11-5-12-13(8)9(7)10(14)15/h4-5H,3H2,1-2H3,(H,14,15). The topological polar surface area (TPSA) is 67.5 Å². The van der Waals surface area contributed by atoms with Crippen LogP contribution in [-0.2, 0) is 6.42 Å². The lowest BCUT2D eigenvalue weighted by atomic mass is 10.1. The highest BCUT2D eigenvalue weighted by molar-refractivity contribution is 5.88. The third-order valence-corrected chi connectivity index (χ3v) is 2.45. The molecule has 2 aromatic heterocycles. The Morgan fingerprint density at radius 3 is 2.93 bits per heavy atom. The summed E-state index contributed by atoms with van der Waals surface area (Å²) in [6.45, 7) is 3.82. The van der Waals surface area contributed by atoms with Crippen LogP contribution >= 0.6 is 0 Å². The van der Waals surface area contributed by atoms with E-state index in [4.69, 9.17) is 5.11 Å². The van der Waals surface area contributed by atoms with Crippen LogP contribution < -0.4 is 0 Å². The Morgan fingerprint density at radius 2 is 2.33 bits per heavy atom. The average molecular weight is 205 g/mol. The molecule has 5 nitrogen and oxygen atoms in total. The predicted octanol–water partition coefficient (Wildman–Crippen LogP) is 1.30. The van der Waals surface area contributed by atoms with Crippen molar-refractivity contribution in [3.8, 4) is 0 Å². The number of hydrogen-bond acceptors (Lipinski definition) is 3. The molecular formula is C10H11N3O2. The molecule has 0 aliphatic carbocycles. The third kappa shape index (κ3) is 1.36. The van der Waals surface area contributed by atoms with Gasteiger partial charge in [-0.15, -0.1) is 0 Å². The highest BCUT2D eigenvalue weighted by Gasteiger charge is 2.17. The van der Waals surface area contributed by atoms with E-state index in [1.165, 1.54) is 10.8 Å². The lowest BCUT2D eigenvalue weighted by molar-refractivity contribution is 0.0686. The van der Waals surface area contributed by atoms with E-state index >= 15 is 0 Å². The van der Waals surface area contributed by atoms with Gasteiger partial charge in [-0.25, -0.2) is 14.3 Å². The van der Waals surface area contributed by atoms with Crippen LogP contribution in [0.1, 0.15) is 28.5 Å². The van der Waals surface area contributed by atoms with Crippen molar-refractivity contribution in [3.63, 3.8) is 0 Å². The van der Waals surface area contributed by atoms with E-state index in [1.807, 2.05) is 19.9 Å². The van der Waals surface area contributed by atoms with Gasteiger partial charge in [-0.2, -0.15) is 5.10 Å². The largest absolute Gasteiger partial charge is 0.476 e. The van der Waals surface area contributed by atoms with Gasteiger partial charge in [0.05, 0.1) is 0 Å². The molecule has 0 bridgehead atoms. The predicted molar refractivity (Wildman–Crippen MR) is 54.1 cm³/mol. The van der Waals surface area contributed by atoms with Crippen LogP contribution in [0.25, 0.3) is 5.65 Å². The molecule has 5 heteroatoms. The van der Waals surface area contributed by atoms with Gasteiger partial charge in [-0.05, 0) is 30.5 Å². The van der Waals surface area contributed by atoms with E-state index in [-0.39, 0.29) is 5.69 Å². The van der Waals surface area contributed by atoms with Gasteiger partial charge in [0, 0.05) is 0 Å². The normalized spacial score (nSPS) is 10.8. The minimum Gasteiger partial charge on any atom is -0.476 e. The average Bonchev–Trinajstić information content (AvgIpc) is 2.62. The Balaban J connectivity index is 2.90. The Hall–Kier alpha value is -1.91. The summed E-state index contributed by atoms with van der Waals surface area (Å²) in [6, 6.07) is 1.85. The molecule has 0 spiro atoms. The summed E-state index contributed by atoms with van der Waals surface area (Å²) in [5.41, 5.74) is 2.53. The van der Waals surface area contributed by atoms with Gasteiger partial charge in [0.15, 0.2) is 11.3 Å². The molecule has 0 saturated heterocycles. The molecule has 0 radical (unpaired) electrons. The maximum absolute atomic E-state index is 11.2. The highest BCUT2D eigenvalue weighted by atomic mass is 16.4. The number of rotatable bonds is 2. The number of aromatic carboxylic acids is 1. The molecule has 0 atom stereocenters. The minimum atomic E-state index is -0.967. The van der Waals surface area contributed by atoms with Crippen LogP contribution in [-0.4, -0.2) is 25.7 Å². The lowest BCUT2D eigenvalue weighted by Crippen LogP contribution is -2.12. The van der Waals surface area contributed by atoms with Crippen molar-refractivity contribution in [2.45, 2.75) is 20.3 Å². The molecule has 0 aliphatic heterocycles. The summed E-state index contributed by atoms with van der Waals surface area (Å²) in [6.07, 6.45) is 2.03. The van der Waals surface area contributed by atoms with E-state index in [0.29, 0.717) is 12.1 Å². The molecule has 0 amide bonds. The molecule has 2 aromatic rings. The maximum atomic E-state index is 11.2. The van der Waals surface area contributed by atoms with Crippen LogP contribution in [0.2, 0.25) is 0 Å². The number of aryl methyl sites for hydroxylation is 1. The first-order valence-corrected chi connectivity index (χ1v) is 4.70. The van der Waals surface area contributed by atoms with Crippen LogP contribution in [0.3, 0.4) is 0 Å². The number of pyridine rings is 1. The number of hydrogen-bond donors (Lipinski definition) is 1. The summed E-state index contributed by atoms with van der Waals surface area (Å²) in [4.78, 5) is 15.1. The molecular weight excluding hydrogens is 194 g/mol. The number of fused-ring (bicyclic) bond motifs is 1. The first-order valence-electron chi connectivity index (χ1n) is 4.70. The Bertz CT molecular complexity index is 531. The molecule has 2 heterocycles. The van der Waals surface area contributed by atoms with Crippen molar-refractivity contribution in [1.82, 2.24) is 14.6 Å². The number of nitrogens with zero attached hydrogens (tertiary/aromatic N) is 3. The number of aromatic nitrogens is 3. The molecule has 0 aromatic carbocycles. The van der Waals surface area contributed by atoms with Crippen molar-refractivity contribution in [1.29, 1.82) is 0 Å². The molecule has 1 N–H and O–H groups in total. The monoisotopic (exact) mass is 205 g/mol. The molecule has 0 unspecified atom stereocenters. The SMILES string of the molecule is CCc1c(C)cc2ncnn2c1C(=O)O. The summed E-state index contributed by atoms with van der Waals surface area (Å²) in [7, 11) is 0. The van der Waals surface area contributed by atoms with Crippen molar-refractivity contribution < 1.29 is 9.90 Å². The smallest absolute Gasteiger partial charge is 0.354 e. The van der Waals surface area contributed by atoms with Crippen molar-refractivity contribution >= 4 is 11.6 Å². The Kier molecular flexibility index (Phi) is 2.15. The fraction of sp³-hybridized carbons (Fsp3) is 0.300. The van der Waals surface area contributed by atoms with Gasteiger partial charge in [0.2, 0.25) is 0 Å². The van der Waals surface area contributed by atoms with Crippen LogP contribution in [0.4, 0.5) is 0 Å². The first-order chi connectivity index (χ1) is 7.15. The summed E-state index contributed by atoms with van der Waals surface area (Å²) < 4.78 is 1.37. The van der Waals surface area contributed by atoms with E-state index in [9.17, 15) is 4.79 Å². The lowest BCUT2D eigenvalue weighted by Gasteiger charge is -2.08. The van der Waals surface area contributed by atoms with Gasteiger partial charge >= 0.3 is 5.97 Å². The van der Waals surface area contributed by atoms with E-state index in [0.717, 1.165) is 11.1 Å². The van der Waals surface area contributed by atoms with Gasteiger partial charge in [-0.1, -0.05) is 6.92 Å². The molecule has 2 rings (SSSR count). The summed E-state index contributed by atoms with van der Waals surface area (Å²) in [5.74, 6) is -0.967. The molecule has 0 fully saturated rings. The molecule has 78 valence electrons. The van der Waals surface area contributed by atoms with Crippen LogP contribution in [0.15, 0.2) is 12.4 Å². The van der Waals surface area contributed by atoms with Gasteiger partial charge < -0.3 is 5.11 Å². The zero-order valence-electron chi connectivity index (χ0n) is 8.56. The van der Waals surface area contributed by atoms with E-state index < -0.39 is 5.97 Å². The van der Waals surface area contributed by atoms with Crippen molar-refractivity contribution in [2.24, 2.45) is 0 Å². The number of carboxylic acids is 1. The molecule has 15 heavy (non-hydrogen) atoms. The van der Waals surface area contributed by atoms with E-state index in [2.05, 4.69) is 10.1 Å². The van der Waals surface area contributed by atoms with E-state index in [1.54, 1.807) is 0 Å². The number of carbonyl (C=O) groups is 1. The zero-order chi connectivity index (χ0) is 11.0. The number of carboxylic acid groups (broad SMARTS) is 1. The second kappa shape index (κ2) is 3.34. The second-order valence-corrected chi connectivity index (χ2v) is 3.34. The fourth-order valence-corrected chi connectivity index (χ4v) is 1.78. The van der Waals surface area contributed by atoms with Gasteiger partial charge in [0.25, 0.3) is 0 Å². The van der Waals surface area contributed by atoms with Crippen LogP contribution in [0, 0.1) is 6.92 Å². The quantitative estimate of drug-likeness (QED) is 0.802.